The first-order chi connectivity index (χ1) is 12.1. The average molecular weight is 564 g/mol. The number of rotatable bonds is 8. The molecule has 0 spiro atoms. The van der Waals surface area contributed by atoms with Crippen molar-refractivity contribution in [2.75, 3.05) is 26.3 Å². The predicted molar refractivity (Wildman–Crippen MR) is 114 cm³/mol. The van der Waals surface area contributed by atoms with Gasteiger partial charge in [-0.1, -0.05) is 24.3 Å². The summed E-state index contributed by atoms with van der Waals surface area (Å²) in [5.41, 5.74) is 1.32. The van der Waals surface area contributed by atoms with E-state index in [1.807, 2.05) is 36.4 Å². The van der Waals surface area contributed by atoms with E-state index in [1.165, 1.54) is 0 Å². The Labute approximate surface area is 174 Å². The maximum atomic E-state index is 12.0. The van der Waals surface area contributed by atoms with E-state index < -0.39 is 0 Å². The SMILES string of the molecule is O=C(NCCOCCNC(=O)c1ccccc1I)c1ccccc1I. The van der Waals surface area contributed by atoms with Gasteiger partial charge >= 0.3 is 0 Å². The highest BCUT2D eigenvalue weighted by Crippen LogP contribution is 2.11. The molecule has 0 saturated heterocycles. The quantitative estimate of drug-likeness (QED) is 0.383. The second kappa shape index (κ2) is 10.7. The minimum absolute atomic E-state index is 0.111. The Morgan fingerprint density at radius 2 is 1.16 bits per heavy atom. The molecule has 2 aromatic carbocycles. The number of benzene rings is 2. The third-order valence-electron chi connectivity index (χ3n) is 3.30. The molecule has 0 aromatic heterocycles. The van der Waals surface area contributed by atoms with Gasteiger partial charge in [-0.3, -0.25) is 9.59 Å². The molecule has 0 aliphatic carbocycles. The largest absolute Gasteiger partial charge is 0.378 e. The predicted octanol–water partition coefficient (Wildman–Crippen LogP) is 3.07. The van der Waals surface area contributed by atoms with Crippen LogP contribution in [0.4, 0.5) is 0 Å². The monoisotopic (exact) mass is 564 g/mol. The number of halogens is 2. The molecule has 0 bridgehead atoms. The first-order valence-corrected chi connectivity index (χ1v) is 9.88. The second-order valence-electron chi connectivity index (χ2n) is 5.08. The van der Waals surface area contributed by atoms with E-state index in [4.69, 9.17) is 4.74 Å². The summed E-state index contributed by atoms with van der Waals surface area (Å²) in [6.45, 7) is 1.64. The zero-order valence-corrected chi connectivity index (χ0v) is 17.7. The zero-order valence-electron chi connectivity index (χ0n) is 13.4. The summed E-state index contributed by atoms with van der Waals surface area (Å²) in [4.78, 5) is 24.0. The lowest BCUT2D eigenvalue weighted by Crippen LogP contribution is -2.30. The van der Waals surface area contributed by atoms with Crippen molar-refractivity contribution in [1.82, 2.24) is 10.6 Å². The van der Waals surface area contributed by atoms with Gasteiger partial charge in [0.15, 0.2) is 0 Å². The summed E-state index contributed by atoms with van der Waals surface area (Å²) in [5, 5.41) is 5.63. The number of hydrogen-bond acceptors (Lipinski definition) is 3. The molecule has 0 unspecified atom stereocenters. The molecule has 0 saturated carbocycles. The van der Waals surface area contributed by atoms with Gasteiger partial charge < -0.3 is 15.4 Å². The Hall–Kier alpha value is -1.20. The van der Waals surface area contributed by atoms with Crippen LogP contribution in [0.25, 0.3) is 0 Å². The number of nitrogens with one attached hydrogen (secondary N) is 2. The third-order valence-corrected chi connectivity index (χ3v) is 5.18. The molecule has 0 atom stereocenters. The number of amides is 2. The van der Waals surface area contributed by atoms with E-state index in [0.29, 0.717) is 37.4 Å². The Morgan fingerprint density at radius 1 is 0.760 bits per heavy atom. The van der Waals surface area contributed by atoms with E-state index in [2.05, 4.69) is 55.8 Å². The molecule has 0 fully saturated rings. The minimum Gasteiger partial charge on any atom is -0.378 e. The normalized spacial score (nSPS) is 10.3. The fraction of sp³-hybridized carbons (Fsp3) is 0.222. The van der Waals surface area contributed by atoms with Crippen LogP contribution in [0.15, 0.2) is 48.5 Å². The molecule has 0 aliphatic heterocycles. The van der Waals surface area contributed by atoms with Crippen LogP contribution < -0.4 is 10.6 Å². The van der Waals surface area contributed by atoms with Crippen LogP contribution in [0, 0.1) is 7.14 Å². The van der Waals surface area contributed by atoms with Crippen molar-refractivity contribution >= 4 is 57.0 Å². The number of carbonyl (C=O) groups excluding carboxylic acids is 2. The van der Waals surface area contributed by atoms with Crippen molar-refractivity contribution in [3.05, 3.63) is 66.8 Å². The molecule has 7 heteroatoms. The van der Waals surface area contributed by atoms with Gasteiger partial charge in [0, 0.05) is 20.2 Å². The second-order valence-corrected chi connectivity index (χ2v) is 7.41. The van der Waals surface area contributed by atoms with E-state index in [1.54, 1.807) is 12.1 Å². The molecule has 0 heterocycles. The van der Waals surface area contributed by atoms with E-state index >= 15 is 0 Å². The summed E-state index contributed by atoms with van der Waals surface area (Å²) in [6.07, 6.45) is 0. The summed E-state index contributed by atoms with van der Waals surface area (Å²) >= 11 is 4.27. The maximum Gasteiger partial charge on any atom is 0.252 e. The smallest absolute Gasteiger partial charge is 0.252 e. The Bertz CT molecular complexity index is 676. The van der Waals surface area contributed by atoms with Crippen LogP contribution in [0.3, 0.4) is 0 Å². The van der Waals surface area contributed by atoms with Gasteiger partial charge in [0.2, 0.25) is 0 Å². The topological polar surface area (TPSA) is 67.4 Å². The lowest BCUT2D eigenvalue weighted by Gasteiger charge is -2.09. The highest BCUT2D eigenvalue weighted by molar-refractivity contribution is 14.1. The Balaban J connectivity index is 1.60. The highest BCUT2D eigenvalue weighted by atomic mass is 127. The highest BCUT2D eigenvalue weighted by Gasteiger charge is 2.09. The summed E-state index contributed by atoms with van der Waals surface area (Å²) in [7, 11) is 0. The minimum atomic E-state index is -0.111. The van der Waals surface area contributed by atoms with Gasteiger partial charge in [0.25, 0.3) is 11.8 Å². The summed E-state index contributed by atoms with van der Waals surface area (Å²) in [5.74, 6) is -0.221. The molecule has 2 aromatic rings. The lowest BCUT2D eigenvalue weighted by atomic mass is 10.2. The van der Waals surface area contributed by atoms with Crippen LogP contribution in [-0.4, -0.2) is 38.1 Å². The van der Waals surface area contributed by atoms with Gasteiger partial charge in [-0.25, -0.2) is 0 Å². The van der Waals surface area contributed by atoms with Gasteiger partial charge in [0.1, 0.15) is 0 Å². The van der Waals surface area contributed by atoms with Gasteiger partial charge in [-0.15, -0.1) is 0 Å². The van der Waals surface area contributed by atoms with Gasteiger partial charge in [-0.05, 0) is 69.4 Å². The van der Waals surface area contributed by atoms with E-state index in [-0.39, 0.29) is 11.8 Å². The molecule has 5 nitrogen and oxygen atoms in total. The van der Waals surface area contributed by atoms with Crippen molar-refractivity contribution in [1.29, 1.82) is 0 Å². The summed E-state index contributed by atoms with van der Waals surface area (Å²) < 4.78 is 7.26. The van der Waals surface area contributed by atoms with Gasteiger partial charge in [-0.2, -0.15) is 0 Å². The molecule has 0 radical (unpaired) electrons. The van der Waals surface area contributed by atoms with Crippen molar-refractivity contribution in [2.24, 2.45) is 0 Å². The van der Waals surface area contributed by atoms with Crippen LogP contribution in [0.2, 0.25) is 0 Å². The standard InChI is InChI=1S/C18H18I2N2O3/c19-15-7-3-1-5-13(15)17(23)21-9-11-25-12-10-22-18(24)14-6-2-4-8-16(14)20/h1-8H,9-12H2,(H,21,23)(H,22,24). The van der Waals surface area contributed by atoms with Crippen LogP contribution >= 0.6 is 45.2 Å². The van der Waals surface area contributed by atoms with Crippen molar-refractivity contribution in [3.8, 4) is 0 Å². The first kappa shape index (κ1) is 20.1. The van der Waals surface area contributed by atoms with Crippen LogP contribution in [-0.2, 0) is 4.74 Å². The third kappa shape index (κ3) is 6.55. The average Bonchev–Trinajstić information content (AvgIpc) is 2.61. The van der Waals surface area contributed by atoms with Gasteiger partial charge in [0.05, 0.1) is 24.3 Å². The molecule has 0 aliphatic rings. The molecule has 2 rings (SSSR count). The van der Waals surface area contributed by atoms with Crippen molar-refractivity contribution in [3.63, 3.8) is 0 Å². The van der Waals surface area contributed by atoms with E-state index in [0.717, 1.165) is 7.14 Å². The Morgan fingerprint density at radius 3 is 1.56 bits per heavy atom. The fourth-order valence-corrected chi connectivity index (χ4v) is 3.32. The van der Waals surface area contributed by atoms with Crippen molar-refractivity contribution in [2.45, 2.75) is 0 Å². The van der Waals surface area contributed by atoms with Crippen LogP contribution in [0.5, 0.6) is 0 Å². The van der Waals surface area contributed by atoms with Crippen LogP contribution in [0.1, 0.15) is 20.7 Å². The maximum absolute atomic E-state index is 12.0. The zero-order chi connectivity index (χ0) is 18.1. The number of carbonyl (C=O) groups is 2. The molecule has 25 heavy (non-hydrogen) atoms. The lowest BCUT2D eigenvalue weighted by molar-refractivity contribution is 0.0892. The number of hydrogen-bond donors (Lipinski definition) is 2. The molecule has 2 N–H and O–H groups in total. The molecule has 132 valence electrons. The Kier molecular flexibility index (Phi) is 8.62. The van der Waals surface area contributed by atoms with E-state index in [9.17, 15) is 9.59 Å². The molecule has 2 amide bonds. The molecular weight excluding hydrogens is 546 g/mol. The number of ether oxygens (including phenoxy) is 1. The van der Waals surface area contributed by atoms with Crippen molar-refractivity contribution < 1.29 is 14.3 Å². The summed E-state index contributed by atoms with van der Waals surface area (Å²) in [6, 6.07) is 14.8. The first-order valence-electron chi connectivity index (χ1n) is 7.73. The fourth-order valence-electron chi connectivity index (χ4n) is 2.06. The molecular formula is C18H18I2N2O3.